The highest BCUT2D eigenvalue weighted by Crippen LogP contribution is 2.22. The molecule has 0 aliphatic carbocycles. The van der Waals surface area contributed by atoms with Gasteiger partial charge in [-0.05, 0) is 25.0 Å². The number of carboxylic acids is 1. The molecule has 2 rings (SSSR count). The number of para-hydroxylation sites is 1. The maximum absolute atomic E-state index is 12.0. The molecule has 0 radical (unpaired) electrons. The maximum Gasteiger partial charge on any atom is 0.327 e. The van der Waals surface area contributed by atoms with Crippen molar-refractivity contribution in [2.45, 2.75) is 25.8 Å². The molecule has 21 heavy (non-hydrogen) atoms. The number of amides is 1. The van der Waals surface area contributed by atoms with E-state index in [1.807, 2.05) is 31.2 Å². The summed E-state index contributed by atoms with van der Waals surface area (Å²) in [6.45, 7) is 2.43. The molecule has 0 aromatic heterocycles. The van der Waals surface area contributed by atoms with Crippen LogP contribution in [0.4, 0.5) is 0 Å². The summed E-state index contributed by atoms with van der Waals surface area (Å²) in [6, 6.07) is 7.04. The molecular formula is C15H19NO4S. The Kier molecular flexibility index (Phi) is 5.50. The normalized spacial score (nSPS) is 17.8. The van der Waals surface area contributed by atoms with Gasteiger partial charge in [0.15, 0.2) is 0 Å². The molecule has 1 aromatic rings. The summed E-state index contributed by atoms with van der Waals surface area (Å²) in [7, 11) is 0. The highest BCUT2D eigenvalue weighted by atomic mass is 32.2. The summed E-state index contributed by atoms with van der Waals surface area (Å²) >= 11 is 1.48. The Labute approximate surface area is 128 Å². The SMILES string of the molecule is Cc1ccccc1OCCCC(=O)N1CSCC1C(=O)O. The molecule has 1 heterocycles. The van der Waals surface area contributed by atoms with Gasteiger partial charge in [-0.15, -0.1) is 11.8 Å². The van der Waals surface area contributed by atoms with Crippen LogP contribution in [0, 0.1) is 6.92 Å². The van der Waals surface area contributed by atoms with E-state index >= 15 is 0 Å². The molecule has 1 atom stereocenters. The molecule has 1 amide bonds. The van der Waals surface area contributed by atoms with E-state index in [0.717, 1.165) is 11.3 Å². The first-order valence-electron chi connectivity index (χ1n) is 6.88. The lowest BCUT2D eigenvalue weighted by atomic mass is 10.2. The number of thioether (sulfide) groups is 1. The van der Waals surface area contributed by atoms with Crippen molar-refractivity contribution in [2.75, 3.05) is 18.2 Å². The van der Waals surface area contributed by atoms with Gasteiger partial charge >= 0.3 is 5.97 Å². The minimum absolute atomic E-state index is 0.110. The van der Waals surface area contributed by atoms with Crippen LogP contribution in [-0.4, -0.2) is 46.2 Å². The van der Waals surface area contributed by atoms with Gasteiger partial charge in [-0.2, -0.15) is 0 Å². The van der Waals surface area contributed by atoms with Crippen LogP contribution >= 0.6 is 11.8 Å². The molecule has 1 aliphatic rings. The lowest BCUT2D eigenvalue weighted by Gasteiger charge is -2.20. The largest absolute Gasteiger partial charge is 0.493 e. The van der Waals surface area contributed by atoms with Crippen molar-refractivity contribution in [3.8, 4) is 5.75 Å². The zero-order chi connectivity index (χ0) is 15.2. The molecular weight excluding hydrogens is 290 g/mol. The maximum atomic E-state index is 12.0. The first-order chi connectivity index (χ1) is 10.1. The molecule has 1 N–H and O–H groups in total. The van der Waals surface area contributed by atoms with E-state index in [-0.39, 0.29) is 5.91 Å². The third kappa shape index (κ3) is 4.14. The third-order valence-electron chi connectivity index (χ3n) is 3.37. The Morgan fingerprint density at radius 3 is 2.90 bits per heavy atom. The van der Waals surface area contributed by atoms with Gasteiger partial charge in [-0.25, -0.2) is 4.79 Å². The standard InChI is InChI=1S/C15H19NO4S/c1-11-5-2-3-6-13(11)20-8-4-7-14(17)16-10-21-9-12(16)15(18)19/h2-3,5-6,12H,4,7-10H2,1H3,(H,18,19). The Hall–Kier alpha value is -1.69. The van der Waals surface area contributed by atoms with Gasteiger partial charge in [-0.1, -0.05) is 18.2 Å². The van der Waals surface area contributed by atoms with Crippen LogP contribution in [0.1, 0.15) is 18.4 Å². The van der Waals surface area contributed by atoms with E-state index < -0.39 is 12.0 Å². The summed E-state index contributed by atoms with van der Waals surface area (Å²) in [6.07, 6.45) is 0.900. The molecule has 6 heteroatoms. The number of rotatable bonds is 6. The van der Waals surface area contributed by atoms with Crippen LogP contribution in [0.5, 0.6) is 5.75 Å². The monoisotopic (exact) mass is 309 g/mol. The van der Waals surface area contributed by atoms with Gasteiger partial charge in [0.05, 0.1) is 12.5 Å². The number of aliphatic carboxylic acids is 1. The van der Waals surface area contributed by atoms with Crippen molar-refractivity contribution in [2.24, 2.45) is 0 Å². The average molecular weight is 309 g/mol. The highest BCUT2D eigenvalue weighted by molar-refractivity contribution is 7.99. The number of nitrogens with zero attached hydrogens (tertiary/aromatic N) is 1. The number of hydrogen-bond acceptors (Lipinski definition) is 4. The fourth-order valence-electron chi connectivity index (χ4n) is 2.16. The van der Waals surface area contributed by atoms with Gasteiger partial charge in [0, 0.05) is 12.2 Å². The minimum Gasteiger partial charge on any atom is -0.493 e. The molecule has 0 saturated carbocycles. The number of carbonyl (C=O) groups excluding carboxylic acids is 1. The summed E-state index contributed by atoms with van der Waals surface area (Å²) in [5.41, 5.74) is 1.06. The predicted molar refractivity (Wildman–Crippen MR) is 81.5 cm³/mol. The minimum atomic E-state index is -0.926. The van der Waals surface area contributed by atoms with Crippen molar-refractivity contribution in [3.63, 3.8) is 0 Å². The molecule has 114 valence electrons. The van der Waals surface area contributed by atoms with Gasteiger partial charge < -0.3 is 14.7 Å². The molecule has 0 bridgehead atoms. The molecule has 1 unspecified atom stereocenters. The fourth-order valence-corrected chi connectivity index (χ4v) is 3.33. The Morgan fingerprint density at radius 2 is 2.19 bits per heavy atom. The van der Waals surface area contributed by atoms with E-state index in [1.54, 1.807) is 0 Å². The Bertz CT molecular complexity index is 520. The van der Waals surface area contributed by atoms with Crippen LogP contribution in [0.15, 0.2) is 24.3 Å². The van der Waals surface area contributed by atoms with Crippen LogP contribution in [-0.2, 0) is 9.59 Å². The quantitative estimate of drug-likeness (QED) is 0.816. The Morgan fingerprint density at radius 1 is 1.43 bits per heavy atom. The predicted octanol–water partition coefficient (Wildman–Crippen LogP) is 2.14. The van der Waals surface area contributed by atoms with Gasteiger partial charge in [0.2, 0.25) is 5.91 Å². The molecule has 1 aliphatic heterocycles. The number of ether oxygens (including phenoxy) is 1. The third-order valence-corrected chi connectivity index (χ3v) is 4.39. The number of hydrogen-bond donors (Lipinski definition) is 1. The van der Waals surface area contributed by atoms with Crippen molar-refractivity contribution in [1.29, 1.82) is 0 Å². The summed E-state index contributed by atoms with van der Waals surface area (Å²) in [5.74, 6) is 0.727. The highest BCUT2D eigenvalue weighted by Gasteiger charge is 2.33. The number of carboxylic acid groups (broad SMARTS) is 1. The smallest absolute Gasteiger partial charge is 0.327 e. The number of carbonyl (C=O) groups is 2. The average Bonchev–Trinajstić information content (AvgIpc) is 2.95. The summed E-state index contributed by atoms with van der Waals surface area (Å²) in [5, 5.41) is 9.05. The second-order valence-corrected chi connectivity index (χ2v) is 5.93. The second-order valence-electron chi connectivity index (χ2n) is 4.93. The van der Waals surface area contributed by atoms with E-state index in [2.05, 4.69) is 0 Å². The fraction of sp³-hybridized carbons (Fsp3) is 0.467. The van der Waals surface area contributed by atoms with Crippen LogP contribution in [0.25, 0.3) is 0 Å². The molecule has 1 fully saturated rings. The van der Waals surface area contributed by atoms with Gasteiger partial charge in [0.25, 0.3) is 0 Å². The van der Waals surface area contributed by atoms with E-state index in [0.29, 0.717) is 31.1 Å². The molecule has 1 saturated heterocycles. The second kappa shape index (κ2) is 7.36. The van der Waals surface area contributed by atoms with Crippen molar-refractivity contribution >= 4 is 23.6 Å². The van der Waals surface area contributed by atoms with Crippen molar-refractivity contribution in [3.05, 3.63) is 29.8 Å². The van der Waals surface area contributed by atoms with Crippen LogP contribution in [0.3, 0.4) is 0 Å². The zero-order valence-electron chi connectivity index (χ0n) is 11.9. The van der Waals surface area contributed by atoms with Gasteiger partial charge in [-0.3, -0.25) is 4.79 Å². The van der Waals surface area contributed by atoms with Crippen molar-refractivity contribution in [1.82, 2.24) is 4.90 Å². The van der Waals surface area contributed by atoms with Crippen LogP contribution < -0.4 is 4.74 Å². The molecule has 5 nitrogen and oxygen atoms in total. The first kappa shape index (κ1) is 15.7. The van der Waals surface area contributed by atoms with E-state index in [9.17, 15) is 9.59 Å². The lowest BCUT2D eigenvalue weighted by molar-refractivity contribution is -0.147. The Balaban J connectivity index is 1.75. The number of aryl methyl sites for hydroxylation is 1. The molecule has 0 spiro atoms. The molecule has 1 aromatic carbocycles. The van der Waals surface area contributed by atoms with E-state index in [1.165, 1.54) is 16.7 Å². The first-order valence-corrected chi connectivity index (χ1v) is 8.03. The van der Waals surface area contributed by atoms with E-state index in [4.69, 9.17) is 9.84 Å². The topological polar surface area (TPSA) is 66.8 Å². The summed E-state index contributed by atoms with van der Waals surface area (Å²) < 4.78 is 5.63. The lowest BCUT2D eigenvalue weighted by Crippen LogP contribution is -2.41. The van der Waals surface area contributed by atoms with Gasteiger partial charge in [0.1, 0.15) is 11.8 Å². The number of benzene rings is 1. The van der Waals surface area contributed by atoms with Crippen molar-refractivity contribution < 1.29 is 19.4 Å². The van der Waals surface area contributed by atoms with Crippen LogP contribution in [0.2, 0.25) is 0 Å². The zero-order valence-corrected chi connectivity index (χ0v) is 12.8. The summed E-state index contributed by atoms with van der Waals surface area (Å²) in [4.78, 5) is 24.5.